The Labute approximate surface area is 117 Å². The lowest BCUT2D eigenvalue weighted by Crippen LogP contribution is -2.06. The molecule has 5 heteroatoms. The van der Waals surface area contributed by atoms with E-state index in [4.69, 9.17) is 15.2 Å². The van der Waals surface area contributed by atoms with Crippen LogP contribution in [0.2, 0.25) is 0 Å². The molecule has 0 aromatic heterocycles. The Hall–Kier alpha value is -2.69. The molecule has 0 atom stereocenters. The molecule has 0 saturated carbocycles. The summed E-state index contributed by atoms with van der Waals surface area (Å²) >= 11 is 0. The van der Waals surface area contributed by atoms with E-state index < -0.39 is 0 Å². The van der Waals surface area contributed by atoms with Crippen molar-refractivity contribution >= 4 is 11.4 Å². The van der Waals surface area contributed by atoms with Crippen molar-refractivity contribution in [3.63, 3.8) is 0 Å². The third-order valence-electron chi connectivity index (χ3n) is 2.95. The van der Waals surface area contributed by atoms with Gasteiger partial charge in [-0.3, -0.25) is 0 Å². The number of ether oxygens (including phenoxy) is 2. The molecule has 0 heterocycles. The highest BCUT2D eigenvalue weighted by atomic mass is 16.5. The first-order valence-electron chi connectivity index (χ1n) is 6.00. The van der Waals surface area contributed by atoms with E-state index in [-0.39, 0.29) is 0 Å². The number of rotatable bonds is 4. The van der Waals surface area contributed by atoms with Crippen LogP contribution in [0.3, 0.4) is 0 Å². The zero-order chi connectivity index (χ0) is 14.5. The number of nitrogen functional groups attached to an aromatic ring is 1. The summed E-state index contributed by atoms with van der Waals surface area (Å²) in [5.74, 6) is 1.23. The Morgan fingerprint density at radius 1 is 1.05 bits per heavy atom. The van der Waals surface area contributed by atoms with Crippen molar-refractivity contribution in [3.8, 4) is 11.5 Å². The van der Waals surface area contributed by atoms with Gasteiger partial charge in [0.1, 0.15) is 17.2 Å². The number of hydrogen-bond acceptors (Lipinski definition) is 5. The predicted octanol–water partition coefficient (Wildman–Crippen LogP) is 2.51. The van der Waals surface area contributed by atoms with Crippen LogP contribution in [0.25, 0.3) is 0 Å². The molecule has 104 valence electrons. The van der Waals surface area contributed by atoms with Crippen LogP contribution in [0.1, 0.15) is 11.1 Å². The first-order valence-corrected chi connectivity index (χ1v) is 6.00. The maximum atomic E-state index is 9.32. The fourth-order valence-corrected chi connectivity index (χ4v) is 1.90. The molecule has 0 unspecified atom stereocenters. The van der Waals surface area contributed by atoms with Crippen molar-refractivity contribution in [2.75, 3.05) is 20.0 Å². The number of oxime groups is 1. The molecule has 0 amide bonds. The summed E-state index contributed by atoms with van der Waals surface area (Å²) in [6.07, 6.45) is 0. The van der Waals surface area contributed by atoms with Gasteiger partial charge in [0, 0.05) is 22.9 Å². The lowest BCUT2D eigenvalue weighted by Gasteiger charge is -2.12. The summed E-state index contributed by atoms with van der Waals surface area (Å²) in [4.78, 5) is 0. The average molecular weight is 272 g/mol. The molecular formula is C15H16N2O3. The van der Waals surface area contributed by atoms with Crippen LogP contribution in [0.15, 0.2) is 47.6 Å². The third-order valence-corrected chi connectivity index (χ3v) is 2.95. The van der Waals surface area contributed by atoms with E-state index >= 15 is 0 Å². The molecular weight excluding hydrogens is 256 g/mol. The average Bonchev–Trinajstić information content (AvgIpc) is 2.50. The van der Waals surface area contributed by atoms with E-state index in [9.17, 15) is 5.21 Å². The van der Waals surface area contributed by atoms with Crippen LogP contribution in [-0.2, 0) is 0 Å². The molecule has 2 rings (SSSR count). The van der Waals surface area contributed by atoms with E-state index in [1.807, 2.05) is 0 Å². The SMILES string of the molecule is COc1ccc(/C(=N\O)c2ccc(N)cc2)c(OC)c1. The topological polar surface area (TPSA) is 77.1 Å². The summed E-state index contributed by atoms with van der Waals surface area (Å²) in [6.45, 7) is 0. The Morgan fingerprint density at radius 2 is 1.75 bits per heavy atom. The Kier molecular flexibility index (Phi) is 4.10. The first-order chi connectivity index (χ1) is 9.69. The normalized spacial score (nSPS) is 11.2. The minimum absolute atomic E-state index is 0.407. The van der Waals surface area contributed by atoms with Gasteiger partial charge in [-0.1, -0.05) is 17.3 Å². The molecule has 0 spiro atoms. The smallest absolute Gasteiger partial charge is 0.132 e. The van der Waals surface area contributed by atoms with Crippen LogP contribution < -0.4 is 15.2 Å². The zero-order valence-electron chi connectivity index (χ0n) is 11.3. The Morgan fingerprint density at radius 3 is 2.30 bits per heavy atom. The molecule has 0 bridgehead atoms. The molecule has 0 aliphatic rings. The maximum absolute atomic E-state index is 9.32. The van der Waals surface area contributed by atoms with Crippen molar-refractivity contribution in [2.45, 2.75) is 0 Å². The third kappa shape index (κ3) is 2.66. The van der Waals surface area contributed by atoms with E-state index in [1.165, 1.54) is 0 Å². The fourth-order valence-electron chi connectivity index (χ4n) is 1.90. The number of hydrogen-bond donors (Lipinski definition) is 2. The van der Waals surface area contributed by atoms with Crippen molar-refractivity contribution in [2.24, 2.45) is 5.16 Å². The summed E-state index contributed by atoms with van der Waals surface area (Å²) in [6, 6.07) is 12.4. The highest BCUT2D eigenvalue weighted by Gasteiger charge is 2.14. The van der Waals surface area contributed by atoms with Crippen molar-refractivity contribution in [1.82, 2.24) is 0 Å². The van der Waals surface area contributed by atoms with Gasteiger partial charge in [0.15, 0.2) is 0 Å². The van der Waals surface area contributed by atoms with Crippen LogP contribution in [0.5, 0.6) is 11.5 Å². The van der Waals surface area contributed by atoms with E-state index in [2.05, 4.69) is 5.16 Å². The van der Waals surface area contributed by atoms with Crippen LogP contribution in [0, 0.1) is 0 Å². The van der Waals surface area contributed by atoms with Gasteiger partial charge in [0.2, 0.25) is 0 Å². The quantitative estimate of drug-likeness (QED) is 0.388. The summed E-state index contributed by atoms with van der Waals surface area (Å²) in [5.41, 5.74) is 8.12. The van der Waals surface area contributed by atoms with Gasteiger partial charge in [-0.15, -0.1) is 0 Å². The van der Waals surface area contributed by atoms with Gasteiger partial charge in [0.25, 0.3) is 0 Å². The Bertz CT molecular complexity index is 622. The standard InChI is InChI=1S/C15H16N2O3/c1-19-12-7-8-13(14(9-12)20-2)15(17-18)10-3-5-11(16)6-4-10/h3-9,18H,16H2,1-2H3/b17-15-. The second kappa shape index (κ2) is 5.97. The maximum Gasteiger partial charge on any atom is 0.132 e. The molecule has 2 aromatic rings. The van der Waals surface area contributed by atoms with E-state index in [0.29, 0.717) is 28.5 Å². The van der Waals surface area contributed by atoms with Crippen LogP contribution in [0.4, 0.5) is 5.69 Å². The highest BCUT2D eigenvalue weighted by Crippen LogP contribution is 2.27. The number of benzene rings is 2. The molecule has 0 aliphatic heterocycles. The molecule has 2 aromatic carbocycles. The van der Waals surface area contributed by atoms with Crippen molar-refractivity contribution < 1.29 is 14.7 Å². The monoisotopic (exact) mass is 272 g/mol. The first kappa shape index (κ1) is 13.7. The summed E-state index contributed by atoms with van der Waals surface area (Å²) in [7, 11) is 3.13. The highest BCUT2D eigenvalue weighted by molar-refractivity contribution is 6.14. The summed E-state index contributed by atoms with van der Waals surface area (Å²) in [5, 5.41) is 12.7. The fraction of sp³-hybridized carbons (Fsp3) is 0.133. The molecule has 0 aliphatic carbocycles. The number of nitrogens with zero attached hydrogens (tertiary/aromatic N) is 1. The van der Waals surface area contributed by atoms with Gasteiger partial charge in [-0.25, -0.2) is 0 Å². The lowest BCUT2D eigenvalue weighted by atomic mass is 10.0. The predicted molar refractivity (Wildman–Crippen MR) is 77.8 cm³/mol. The van der Waals surface area contributed by atoms with Gasteiger partial charge in [-0.05, 0) is 24.3 Å². The van der Waals surface area contributed by atoms with Gasteiger partial charge >= 0.3 is 0 Å². The minimum atomic E-state index is 0.407. The largest absolute Gasteiger partial charge is 0.497 e. The number of anilines is 1. The number of methoxy groups -OCH3 is 2. The molecule has 0 radical (unpaired) electrons. The van der Waals surface area contributed by atoms with Gasteiger partial charge in [0.05, 0.1) is 14.2 Å². The van der Waals surface area contributed by atoms with E-state index in [1.54, 1.807) is 56.7 Å². The molecule has 3 N–H and O–H groups in total. The lowest BCUT2D eigenvalue weighted by molar-refractivity contribution is 0.319. The van der Waals surface area contributed by atoms with Gasteiger partial charge in [-0.2, -0.15) is 0 Å². The minimum Gasteiger partial charge on any atom is -0.497 e. The van der Waals surface area contributed by atoms with Crippen molar-refractivity contribution in [1.29, 1.82) is 0 Å². The van der Waals surface area contributed by atoms with Crippen LogP contribution >= 0.6 is 0 Å². The van der Waals surface area contributed by atoms with E-state index in [0.717, 1.165) is 5.56 Å². The Balaban J connectivity index is 2.49. The number of nitrogens with two attached hydrogens (primary N) is 1. The van der Waals surface area contributed by atoms with Crippen molar-refractivity contribution in [3.05, 3.63) is 53.6 Å². The molecule has 20 heavy (non-hydrogen) atoms. The molecule has 0 fully saturated rings. The second-order valence-corrected chi connectivity index (χ2v) is 4.14. The molecule has 5 nitrogen and oxygen atoms in total. The molecule has 0 saturated heterocycles. The van der Waals surface area contributed by atoms with Crippen LogP contribution in [-0.4, -0.2) is 25.1 Å². The second-order valence-electron chi connectivity index (χ2n) is 4.14. The zero-order valence-corrected chi connectivity index (χ0v) is 11.3. The summed E-state index contributed by atoms with van der Waals surface area (Å²) < 4.78 is 10.5. The van der Waals surface area contributed by atoms with Gasteiger partial charge < -0.3 is 20.4 Å².